The Kier molecular flexibility index (Phi) is 3.19. The van der Waals surface area contributed by atoms with Crippen LogP contribution < -0.4 is 9.19 Å². The molecule has 0 radical (unpaired) electrons. The van der Waals surface area contributed by atoms with Crippen LogP contribution in [-0.2, 0) is 0 Å². The van der Waals surface area contributed by atoms with Gasteiger partial charge in [0.15, 0.2) is 0 Å². The third-order valence-electron chi connectivity index (χ3n) is 6.43. The van der Waals surface area contributed by atoms with Crippen LogP contribution in [0.5, 0.6) is 0 Å². The summed E-state index contributed by atoms with van der Waals surface area (Å²) in [7, 11) is 0. The predicted molar refractivity (Wildman–Crippen MR) is 113 cm³/mol. The summed E-state index contributed by atoms with van der Waals surface area (Å²) in [5.74, 6) is 0. The number of hydrogen-bond acceptors (Lipinski definition) is 4. The molecule has 32 heavy (non-hydrogen) atoms. The number of aromatic nitrogens is 12. The minimum Gasteiger partial charge on any atom is -0.330 e. The van der Waals surface area contributed by atoms with E-state index in [1.54, 1.807) is 24.8 Å². The van der Waals surface area contributed by atoms with Gasteiger partial charge in [-0.2, -0.15) is 0 Å². The van der Waals surface area contributed by atoms with E-state index in [9.17, 15) is 0 Å². The smallest absolute Gasteiger partial charge is 0.330 e. The standard InChI is InChI=1S/C18H18B2N12/c1-7-21-25(11-1)19(26-12-2-8-22-26)29-15-5-17-31(29)20(27-13-3-9-23-27,28-14-4-10-24-28)32-18-6-16-30(19)32/h1-18H. The predicted octanol–water partition coefficient (Wildman–Crippen LogP) is -1.18. The maximum absolute atomic E-state index is 4.68. The maximum atomic E-state index is 4.68. The average Bonchev–Trinajstić information content (AvgIpc) is 3.68. The summed E-state index contributed by atoms with van der Waals surface area (Å²) in [5, 5.41) is 18.7. The van der Waals surface area contributed by atoms with Crippen molar-refractivity contribution < 1.29 is 9.19 Å². The van der Waals surface area contributed by atoms with Gasteiger partial charge < -0.3 is 18.4 Å². The molecular formula is C18H18B2N12. The number of nitrogens with zero attached hydrogens (tertiary/aromatic N) is 12. The lowest BCUT2D eigenvalue weighted by molar-refractivity contribution is -0.723. The van der Waals surface area contributed by atoms with Gasteiger partial charge in [0.2, 0.25) is 0 Å². The average molecular weight is 424 g/mol. The number of fused-ring (bicyclic) bond motifs is 2. The molecule has 0 N–H and O–H groups in total. The van der Waals surface area contributed by atoms with E-state index in [1.807, 2.05) is 104 Å². The van der Waals surface area contributed by atoms with Crippen molar-refractivity contribution in [3.63, 3.8) is 0 Å². The Morgan fingerprint density at radius 1 is 0.438 bits per heavy atom. The molecule has 156 valence electrons. The van der Waals surface area contributed by atoms with Crippen LogP contribution in [0, 0.1) is 0 Å². The zero-order valence-electron chi connectivity index (χ0n) is 16.9. The highest BCUT2D eigenvalue weighted by Gasteiger charge is 2.66. The van der Waals surface area contributed by atoms with Crippen molar-refractivity contribution in [2.75, 3.05) is 0 Å². The molecule has 1 aliphatic rings. The van der Waals surface area contributed by atoms with Crippen molar-refractivity contribution in [1.29, 1.82) is 0 Å². The Labute approximate surface area is 181 Å². The third-order valence-corrected chi connectivity index (χ3v) is 6.43. The molecule has 0 aromatic carbocycles. The molecule has 0 unspecified atom stereocenters. The molecule has 0 amide bonds. The lowest BCUT2D eigenvalue weighted by Gasteiger charge is -2.45. The second kappa shape index (κ2) is 5.97. The highest BCUT2D eigenvalue weighted by atomic mass is 15.7. The van der Waals surface area contributed by atoms with Crippen LogP contribution in [0.15, 0.2) is 111 Å². The van der Waals surface area contributed by atoms with Gasteiger partial charge in [0, 0.05) is 49.3 Å². The van der Waals surface area contributed by atoms with Crippen molar-refractivity contribution >= 4 is 13.4 Å². The minimum atomic E-state index is -1.94. The molecule has 0 aliphatic carbocycles. The number of hydrogen-bond donors (Lipinski definition) is 0. The first kappa shape index (κ1) is 17.1. The lowest BCUT2D eigenvalue weighted by atomic mass is 9.68. The Morgan fingerprint density at radius 2 is 0.781 bits per heavy atom. The minimum absolute atomic E-state index is 1.78. The van der Waals surface area contributed by atoms with E-state index in [0.717, 1.165) is 0 Å². The SMILES string of the molecule is c1cnn([B-]2(n3cccn3)n3ccc[n+]3[B-](n3cccn3)(n3cccn3)n3ccc[n+]32)c1. The molecular weight excluding hydrogens is 406 g/mol. The Morgan fingerprint density at radius 3 is 1.06 bits per heavy atom. The molecule has 0 fully saturated rings. The lowest BCUT2D eigenvalue weighted by Crippen LogP contribution is -2.99. The van der Waals surface area contributed by atoms with Crippen LogP contribution >= 0.6 is 0 Å². The highest BCUT2D eigenvalue weighted by Crippen LogP contribution is 2.17. The maximum Gasteiger partial charge on any atom is 0.690 e. The Balaban J connectivity index is 1.69. The van der Waals surface area contributed by atoms with Gasteiger partial charge in [-0.15, -0.1) is 0 Å². The zero-order chi connectivity index (χ0) is 21.2. The van der Waals surface area contributed by atoms with Crippen molar-refractivity contribution in [1.82, 2.24) is 48.0 Å². The summed E-state index contributed by atoms with van der Waals surface area (Å²) < 4.78 is 16.4. The third kappa shape index (κ3) is 1.81. The molecule has 7 rings (SSSR count). The van der Waals surface area contributed by atoms with Gasteiger partial charge in [0.25, 0.3) is 0 Å². The summed E-state index contributed by atoms with van der Waals surface area (Å²) in [4.78, 5) is 0. The summed E-state index contributed by atoms with van der Waals surface area (Å²) in [6, 6.07) is 11.7. The second-order valence-electron chi connectivity index (χ2n) is 7.83. The van der Waals surface area contributed by atoms with Gasteiger partial charge in [0.05, 0.1) is 0 Å². The van der Waals surface area contributed by atoms with Crippen LogP contribution in [0.2, 0.25) is 0 Å². The monoisotopic (exact) mass is 424 g/mol. The van der Waals surface area contributed by atoms with Crippen LogP contribution in [0.3, 0.4) is 0 Å². The van der Waals surface area contributed by atoms with Gasteiger partial charge in [-0.05, 0) is 49.1 Å². The fraction of sp³-hybridized carbons (Fsp3) is 0. The van der Waals surface area contributed by atoms with Crippen molar-refractivity contribution in [2.24, 2.45) is 0 Å². The first-order valence-electron chi connectivity index (χ1n) is 10.4. The quantitative estimate of drug-likeness (QED) is 0.333. The fourth-order valence-corrected chi connectivity index (χ4v) is 5.31. The second-order valence-corrected chi connectivity index (χ2v) is 7.83. The fourth-order valence-electron chi connectivity index (χ4n) is 5.31. The molecule has 0 spiro atoms. The van der Waals surface area contributed by atoms with Crippen molar-refractivity contribution in [2.45, 2.75) is 0 Å². The van der Waals surface area contributed by atoms with Gasteiger partial charge in [-0.25, -0.2) is 20.4 Å². The van der Waals surface area contributed by atoms with E-state index in [0.29, 0.717) is 0 Å². The molecule has 12 nitrogen and oxygen atoms in total. The number of rotatable bonds is 4. The summed E-state index contributed by atoms with van der Waals surface area (Å²) in [6.07, 6.45) is 23.1. The summed E-state index contributed by atoms with van der Waals surface area (Å²) in [6.45, 7) is -3.88. The van der Waals surface area contributed by atoms with Crippen molar-refractivity contribution in [3.8, 4) is 0 Å². The molecule has 6 aromatic rings. The zero-order valence-corrected chi connectivity index (χ0v) is 16.9. The highest BCUT2D eigenvalue weighted by molar-refractivity contribution is 6.70. The summed E-state index contributed by atoms with van der Waals surface area (Å²) in [5.41, 5.74) is 0. The molecule has 6 aromatic heterocycles. The Bertz CT molecular complexity index is 1250. The van der Waals surface area contributed by atoms with E-state index in [4.69, 9.17) is 0 Å². The van der Waals surface area contributed by atoms with E-state index in [2.05, 4.69) is 38.8 Å². The normalized spacial score (nSPS) is 16.0. The van der Waals surface area contributed by atoms with Crippen LogP contribution in [0.4, 0.5) is 0 Å². The van der Waals surface area contributed by atoms with Gasteiger partial charge in [0.1, 0.15) is 12.4 Å². The van der Waals surface area contributed by atoms with Crippen LogP contribution in [0.25, 0.3) is 0 Å². The van der Waals surface area contributed by atoms with Gasteiger partial charge in [-0.1, -0.05) is 0 Å². The molecule has 7 heterocycles. The van der Waals surface area contributed by atoms with E-state index >= 15 is 0 Å². The molecule has 1 aliphatic heterocycles. The van der Waals surface area contributed by atoms with Crippen LogP contribution in [-0.4, -0.2) is 61.3 Å². The Hall–Kier alpha value is -4.61. The molecule has 0 saturated carbocycles. The first-order chi connectivity index (χ1) is 15.9. The van der Waals surface area contributed by atoms with E-state index < -0.39 is 13.4 Å². The largest absolute Gasteiger partial charge is 0.690 e. The molecule has 0 bridgehead atoms. The summed E-state index contributed by atoms with van der Waals surface area (Å²) >= 11 is 0. The molecule has 0 atom stereocenters. The topological polar surface area (TPSA) is 88.9 Å². The van der Waals surface area contributed by atoms with Gasteiger partial charge >= 0.3 is 13.4 Å². The van der Waals surface area contributed by atoms with Crippen LogP contribution in [0.1, 0.15) is 0 Å². The van der Waals surface area contributed by atoms with E-state index in [1.165, 1.54) is 0 Å². The first-order valence-corrected chi connectivity index (χ1v) is 10.4. The molecule has 14 heteroatoms. The van der Waals surface area contributed by atoms with E-state index in [-0.39, 0.29) is 0 Å². The van der Waals surface area contributed by atoms with Crippen molar-refractivity contribution in [3.05, 3.63) is 111 Å². The van der Waals surface area contributed by atoms with Gasteiger partial charge in [-0.3, -0.25) is 18.4 Å². The molecule has 0 saturated heterocycles.